The molecule has 1 aliphatic rings. The van der Waals surface area contributed by atoms with Crippen LogP contribution < -0.4 is 11.5 Å². The van der Waals surface area contributed by atoms with E-state index in [4.69, 9.17) is 11.5 Å². The fourth-order valence-electron chi connectivity index (χ4n) is 2.20. The molecule has 0 aliphatic heterocycles. The van der Waals surface area contributed by atoms with Gasteiger partial charge < -0.3 is 11.5 Å². The zero-order valence-corrected chi connectivity index (χ0v) is 11.7. The molecular formula is C15H14F6N2. The number of benzene rings is 1. The third-order valence-electron chi connectivity index (χ3n) is 3.52. The van der Waals surface area contributed by atoms with Crippen molar-refractivity contribution in [2.75, 3.05) is 0 Å². The molecule has 1 fully saturated rings. The molecular weight excluding hydrogens is 322 g/mol. The number of nitrogens with two attached hydrogens (primary N) is 2. The molecule has 0 aromatic heterocycles. The minimum atomic E-state index is -4.93. The van der Waals surface area contributed by atoms with Gasteiger partial charge in [0.15, 0.2) is 0 Å². The highest BCUT2D eigenvalue weighted by molar-refractivity contribution is 5.77. The normalized spacial score (nSPS) is 22.7. The first-order chi connectivity index (χ1) is 10.5. The summed E-state index contributed by atoms with van der Waals surface area (Å²) in [4.78, 5) is 0. The van der Waals surface area contributed by atoms with Gasteiger partial charge in [-0.15, -0.1) is 0 Å². The van der Waals surface area contributed by atoms with E-state index in [1.54, 1.807) is 0 Å². The van der Waals surface area contributed by atoms with Gasteiger partial charge in [0.25, 0.3) is 0 Å². The van der Waals surface area contributed by atoms with E-state index in [-0.39, 0.29) is 29.2 Å². The highest BCUT2D eigenvalue weighted by atomic mass is 19.4. The molecule has 1 aliphatic carbocycles. The smallest absolute Gasteiger partial charge is 0.405 e. The minimum absolute atomic E-state index is 0.103. The SMILES string of the molecule is N/C=C\C(=C/C1CC1N)c1ccc(C(F)(F)F)cc1C(F)(F)F. The van der Waals surface area contributed by atoms with E-state index in [0.29, 0.717) is 12.5 Å². The summed E-state index contributed by atoms with van der Waals surface area (Å²) in [5.74, 6) is -0.107. The predicted octanol–water partition coefficient (Wildman–Crippen LogP) is 3.93. The van der Waals surface area contributed by atoms with Crippen molar-refractivity contribution in [3.63, 3.8) is 0 Å². The number of hydrogen-bond acceptors (Lipinski definition) is 2. The summed E-state index contributed by atoms with van der Waals surface area (Å²) in [6, 6.07) is 1.39. The van der Waals surface area contributed by atoms with Crippen LogP contribution in [0.25, 0.3) is 5.57 Å². The van der Waals surface area contributed by atoms with E-state index in [9.17, 15) is 26.3 Å². The van der Waals surface area contributed by atoms with Gasteiger partial charge in [-0.2, -0.15) is 26.3 Å². The van der Waals surface area contributed by atoms with Crippen LogP contribution in [0.1, 0.15) is 23.1 Å². The Morgan fingerprint density at radius 1 is 1.09 bits per heavy atom. The third-order valence-corrected chi connectivity index (χ3v) is 3.52. The second-order valence-electron chi connectivity index (χ2n) is 5.30. The number of halogens is 6. The molecule has 8 heteroatoms. The Bertz CT molecular complexity index is 642. The van der Waals surface area contributed by atoms with Gasteiger partial charge in [0.05, 0.1) is 11.1 Å². The molecule has 0 saturated heterocycles. The summed E-state index contributed by atoms with van der Waals surface area (Å²) in [6.45, 7) is 0. The first-order valence-electron chi connectivity index (χ1n) is 6.68. The van der Waals surface area contributed by atoms with Crippen molar-refractivity contribution in [2.24, 2.45) is 17.4 Å². The maximum Gasteiger partial charge on any atom is 0.417 e. The van der Waals surface area contributed by atoms with Crippen molar-refractivity contribution in [2.45, 2.75) is 24.8 Å². The second kappa shape index (κ2) is 5.92. The number of rotatable bonds is 3. The summed E-state index contributed by atoms with van der Waals surface area (Å²) in [5, 5.41) is 0. The number of alkyl halides is 6. The molecule has 2 rings (SSSR count). The van der Waals surface area contributed by atoms with E-state index in [2.05, 4.69) is 0 Å². The van der Waals surface area contributed by atoms with Gasteiger partial charge in [-0.25, -0.2) is 0 Å². The van der Waals surface area contributed by atoms with E-state index in [0.717, 1.165) is 12.3 Å². The highest BCUT2D eigenvalue weighted by Crippen LogP contribution is 2.41. The molecule has 4 N–H and O–H groups in total. The van der Waals surface area contributed by atoms with E-state index >= 15 is 0 Å². The largest absolute Gasteiger partial charge is 0.417 e. The van der Waals surface area contributed by atoms with Crippen LogP contribution in [0, 0.1) is 5.92 Å². The Morgan fingerprint density at radius 3 is 2.13 bits per heavy atom. The molecule has 2 atom stereocenters. The Hall–Kier alpha value is -1.96. The van der Waals surface area contributed by atoms with Crippen molar-refractivity contribution in [1.82, 2.24) is 0 Å². The third kappa shape index (κ3) is 4.07. The van der Waals surface area contributed by atoms with Gasteiger partial charge in [0.1, 0.15) is 0 Å². The Kier molecular flexibility index (Phi) is 4.48. The molecule has 1 saturated carbocycles. The van der Waals surface area contributed by atoms with Gasteiger partial charge >= 0.3 is 12.4 Å². The molecule has 0 heterocycles. The summed E-state index contributed by atoms with van der Waals surface area (Å²) in [6.07, 6.45) is -5.40. The zero-order chi connectivity index (χ0) is 17.4. The first kappa shape index (κ1) is 17.4. The molecule has 0 amide bonds. The van der Waals surface area contributed by atoms with Crippen molar-refractivity contribution in [1.29, 1.82) is 0 Å². The maximum atomic E-state index is 13.2. The van der Waals surface area contributed by atoms with Crippen LogP contribution in [0.15, 0.2) is 36.6 Å². The topological polar surface area (TPSA) is 52.0 Å². The van der Waals surface area contributed by atoms with Crippen LogP contribution >= 0.6 is 0 Å². The lowest BCUT2D eigenvalue weighted by Gasteiger charge is -2.16. The van der Waals surface area contributed by atoms with Crippen LogP contribution in [0.2, 0.25) is 0 Å². The van der Waals surface area contributed by atoms with Gasteiger partial charge in [-0.05, 0) is 47.9 Å². The number of allylic oxidation sites excluding steroid dienone is 2. The van der Waals surface area contributed by atoms with Gasteiger partial charge in [0.2, 0.25) is 0 Å². The predicted molar refractivity (Wildman–Crippen MR) is 73.8 cm³/mol. The van der Waals surface area contributed by atoms with Crippen molar-refractivity contribution in [3.8, 4) is 0 Å². The molecule has 1 aromatic carbocycles. The van der Waals surface area contributed by atoms with Crippen molar-refractivity contribution < 1.29 is 26.3 Å². The van der Waals surface area contributed by atoms with Crippen LogP contribution in [-0.2, 0) is 12.4 Å². The van der Waals surface area contributed by atoms with Crippen LogP contribution in [-0.4, -0.2) is 6.04 Å². The number of hydrogen-bond donors (Lipinski definition) is 2. The lowest BCUT2D eigenvalue weighted by Crippen LogP contribution is -2.13. The van der Waals surface area contributed by atoms with Gasteiger partial charge in [-0.3, -0.25) is 0 Å². The van der Waals surface area contributed by atoms with Crippen LogP contribution in [0.5, 0.6) is 0 Å². The quantitative estimate of drug-likeness (QED) is 0.649. The average molecular weight is 336 g/mol. The van der Waals surface area contributed by atoms with Crippen LogP contribution in [0.3, 0.4) is 0 Å². The van der Waals surface area contributed by atoms with Crippen molar-refractivity contribution >= 4 is 5.57 Å². The molecule has 23 heavy (non-hydrogen) atoms. The molecule has 0 bridgehead atoms. The molecule has 0 radical (unpaired) electrons. The second-order valence-corrected chi connectivity index (χ2v) is 5.30. The zero-order valence-electron chi connectivity index (χ0n) is 11.7. The Labute approximate surface area is 128 Å². The minimum Gasteiger partial charge on any atom is -0.405 e. The Balaban J connectivity index is 2.58. The molecule has 126 valence electrons. The Morgan fingerprint density at radius 2 is 1.70 bits per heavy atom. The van der Waals surface area contributed by atoms with E-state index in [1.165, 1.54) is 12.2 Å². The molecule has 2 unspecified atom stereocenters. The lowest BCUT2D eigenvalue weighted by atomic mass is 9.95. The molecule has 2 nitrogen and oxygen atoms in total. The first-order valence-corrected chi connectivity index (χ1v) is 6.68. The van der Waals surface area contributed by atoms with Crippen molar-refractivity contribution in [3.05, 3.63) is 53.2 Å². The molecule has 1 aromatic rings. The summed E-state index contributed by atoms with van der Waals surface area (Å²) >= 11 is 0. The molecule has 0 spiro atoms. The summed E-state index contributed by atoms with van der Waals surface area (Å²) in [5.41, 5.74) is 7.90. The summed E-state index contributed by atoms with van der Waals surface area (Å²) < 4.78 is 77.5. The monoisotopic (exact) mass is 336 g/mol. The average Bonchev–Trinajstić information content (AvgIpc) is 3.11. The fraction of sp³-hybridized carbons (Fsp3) is 0.333. The summed E-state index contributed by atoms with van der Waals surface area (Å²) in [7, 11) is 0. The van der Waals surface area contributed by atoms with E-state index in [1.807, 2.05) is 0 Å². The van der Waals surface area contributed by atoms with Gasteiger partial charge in [-0.1, -0.05) is 12.1 Å². The van der Waals surface area contributed by atoms with Gasteiger partial charge in [0, 0.05) is 6.04 Å². The fourth-order valence-corrected chi connectivity index (χ4v) is 2.20. The lowest BCUT2D eigenvalue weighted by molar-refractivity contribution is -0.143. The van der Waals surface area contributed by atoms with E-state index < -0.39 is 23.5 Å². The van der Waals surface area contributed by atoms with Crippen LogP contribution in [0.4, 0.5) is 26.3 Å². The highest BCUT2D eigenvalue weighted by Gasteiger charge is 2.39. The maximum absolute atomic E-state index is 13.2. The standard InChI is InChI=1S/C15H14F6N2/c16-14(17,18)10-1-2-11(12(7-10)15(19,20)21)8(3-4-22)5-9-6-13(9)23/h1-5,7,9,13H,6,22-23H2/b4-3-,8-5+.